The molecule has 1 fully saturated rings. The first kappa shape index (κ1) is 13.4. The molecule has 1 aliphatic heterocycles. The second kappa shape index (κ2) is 4.91. The zero-order valence-electron chi connectivity index (χ0n) is 11.2. The van der Waals surface area contributed by atoms with Crippen molar-refractivity contribution in [3.63, 3.8) is 0 Å². The monoisotopic (exact) mass is 265 g/mol. The molecule has 1 saturated heterocycles. The fourth-order valence-corrected chi connectivity index (χ4v) is 2.31. The van der Waals surface area contributed by atoms with Gasteiger partial charge in [-0.05, 0) is 20.3 Å². The highest BCUT2D eigenvalue weighted by Crippen LogP contribution is 2.18. The minimum atomic E-state index is -0.342. The summed E-state index contributed by atoms with van der Waals surface area (Å²) in [6.45, 7) is 4.76. The number of carbonyl (C=O) groups excluding carboxylic acids is 2. The van der Waals surface area contributed by atoms with Gasteiger partial charge in [-0.15, -0.1) is 0 Å². The Bertz CT molecular complexity index is 522. The average Bonchev–Trinajstić information content (AvgIpc) is 2.92. The maximum absolute atomic E-state index is 12.1. The summed E-state index contributed by atoms with van der Waals surface area (Å²) in [6.07, 6.45) is 0.639. The van der Waals surface area contributed by atoms with Crippen molar-refractivity contribution in [3.05, 3.63) is 11.4 Å². The van der Waals surface area contributed by atoms with E-state index in [0.29, 0.717) is 25.2 Å². The van der Waals surface area contributed by atoms with E-state index in [9.17, 15) is 9.59 Å². The van der Waals surface area contributed by atoms with Crippen molar-refractivity contribution in [3.8, 4) is 0 Å². The Morgan fingerprint density at radius 1 is 1.42 bits per heavy atom. The summed E-state index contributed by atoms with van der Waals surface area (Å²) in [4.78, 5) is 24.9. The molecule has 7 heteroatoms. The maximum Gasteiger partial charge on any atom is 0.244 e. The van der Waals surface area contributed by atoms with Crippen molar-refractivity contribution < 1.29 is 9.59 Å². The van der Waals surface area contributed by atoms with Crippen LogP contribution in [0.4, 0.5) is 5.69 Å². The lowest BCUT2D eigenvalue weighted by Gasteiger charge is -2.16. The standard InChI is InChI=1S/C12H19N5O2/c1-7-11(13)8(2)17(15-7)6-10(18)16-4-3-9(5-16)12(14)19/h9H,3-6,13H2,1-2H3,(H2,14,19). The number of likely N-dealkylation sites (tertiary alicyclic amines) is 1. The summed E-state index contributed by atoms with van der Waals surface area (Å²) in [5, 5.41) is 4.23. The van der Waals surface area contributed by atoms with Crippen LogP contribution in [0, 0.1) is 19.8 Å². The van der Waals surface area contributed by atoms with Crippen molar-refractivity contribution in [1.82, 2.24) is 14.7 Å². The van der Waals surface area contributed by atoms with Crippen LogP contribution in [0.2, 0.25) is 0 Å². The first-order valence-corrected chi connectivity index (χ1v) is 6.26. The Balaban J connectivity index is 2.02. The third-order valence-electron chi connectivity index (χ3n) is 3.67. The number of nitrogens with zero attached hydrogens (tertiary/aromatic N) is 3. The van der Waals surface area contributed by atoms with Gasteiger partial charge in [0.25, 0.3) is 0 Å². The molecule has 0 aromatic carbocycles. The van der Waals surface area contributed by atoms with E-state index >= 15 is 0 Å². The molecule has 1 aromatic rings. The smallest absolute Gasteiger partial charge is 0.244 e. The number of aromatic nitrogens is 2. The van der Waals surface area contributed by atoms with Gasteiger partial charge in [-0.2, -0.15) is 5.10 Å². The van der Waals surface area contributed by atoms with E-state index < -0.39 is 0 Å². The summed E-state index contributed by atoms with van der Waals surface area (Å²) in [5.41, 5.74) is 13.2. The molecule has 0 spiro atoms. The minimum absolute atomic E-state index is 0.0608. The lowest BCUT2D eigenvalue weighted by atomic mass is 10.1. The van der Waals surface area contributed by atoms with Crippen LogP contribution in [0.15, 0.2) is 0 Å². The average molecular weight is 265 g/mol. The zero-order chi connectivity index (χ0) is 14.2. The third-order valence-corrected chi connectivity index (χ3v) is 3.67. The van der Waals surface area contributed by atoms with Gasteiger partial charge in [0.15, 0.2) is 0 Å². The molecular weight excluding hydrogens is 246 g/mol. The van der Waals surface area contributed by atoms with E-state index in [-0.39, 0.29) is 24.3 Å². The van der Waals surface area contributed by atoms with Gasteiger partial charge >= 0.3 is 0 Å². The van der Waals surface area contributed by atoms with Gasteiger partial charge in [0, 0.05) is 13.1 Å². The Morgan fingerprint density at radius 2 is 2.11 bits per heavy atom. The Labute approximate surface area is 111 Å². The number of hydrogen-bond donors (Lipinski definition) is 2. The quantitative estimate of drug-likeness (QED) is 0.762. The van der Waals surface area contributed by atoms with Crippen molar-refractivity contribution in [2.24, 2.45) is 11.7 Å². The number of primary amides is 1. The molecular formula is C12H19N5O2. The predicted octanol–water partition coefficient (Wildman–Crippen LogP) is -0.584. The van der Waals surface area contributed by atoms with E-state index in [1.807, 2.05) is 13.8 Å². The zero-order valence-corrected chi connectivity index (χ0v) is 11.2. The maximum atomic E-state index is 12.1. The third kappa shape index (κ3) is 2.54. The molecule has 19 heavy (non-hydrogen) atoms. The molecule has 0 bridgehead atoms. The lowest BCUT2D eigenvalue weighted by Crippen LogP contribution is -2.34. The molecule has 0 saturated carbocycles. The SMILES string of the molecule is Cc1nn(CC(=O)N2CCC(C(N)=O)C2)c(C)c1N. The molecule has 1 unspecified atom stereocenters. The van der Waals surface area contributed by atoms with Crippen LogP contribution in [0.5, 0.6) is 0 Å². The number of carbonyl (C=O) groups is 2. The fourth-order valence-electron chi connectivity index (χ4n) is 2.31. The number of rotatable bonds is 3. The molecule has 4 N–H and O–H groups in total. The number of nitrogen functional groups attached to an aromatic ring is 1. The van der Waals surface area contributed by atoms with Crippen LogP contribution in [-0.4, -0.2) is 39.6 Å². The van der Waals surface area contributed by atoms with Crippen molar-refractivity contribution in [1.29, 1.82) is 0 Å². The van der Waals surface area contributed by atoms with E-state index in [1.54, 1.807) is 9.58 Å². The van der Waals surface area contributed by atoms with Crippen molar-refractivity contribution in [2.75, 3.05) is 18.8 Å². The number of anilines is 1. The van der Waals surface area contributed by atoms with Crippen LogP contribution >= 0.6 is 0 Å². The summed E-state index contributed by atoms with van der Waals surface area (Å²) < 4.78 is 1.60. The largest absolute Gasteiger partial charge is 0.396 e. The van der Waals surface area contributed by atoms with Gasteiger partial charge in [-0.25, -0.2) is 0 Å². The number of nitrogens with two attached hydrogens (primary N) is 2. The van der Waals surface area contributed by atoms with Crippen LogP contribution < -0.4 is 11.5 Å². The topological polar surface area (TPSA) is 107 Å². The Hall–Kier alpha value is -2.05. The summed E-state index contributed by atoms with van der Waals surface area (Å²) >= 11 is 0. The number of amides is 2. The second-order valence-corrected chi connectivity index (χ2v) is 4.97. The van der Waals surface area contributed by atoms with Crippen LogP contribution in [0.1, 0.15) is 17.8 Å². The summed E-state index contributed by atoms with van der Waals surface area (Å²) in [5.74, 6) is -0.630. The number of hydrogen-bond acceptors (Lipinski definition) is 4. The van der Waals surface area contributed by atoms with Crippen molar-refractivity contribution >= 4 is 17.5 Å². The Kier molecular flexibility index (Phi) is 3.46. The summed E-state index contributed by atoms with van der Waals surface area (Å²) in [7, 11) is 0. The molecule has 2 rings (SSSR count). The second-order valence-electron chi connectivity index (χ2n) is 4.97. The minimum Gasteiger partial charge on any atom is -0.396 e. The van der Waals surface area contributed by atoms with Gasteiger partial charge in [0.2, 0.25) is 11.8 Å². The van der Waals surface area contributed by atoms with Gasteiger partial charge < -0.3 is 16.4 Å². The van der Waals surface area contributed by atoms with Crippen LogP contribution in [0.25, 0.3) is 0 Å². The number of aryl methyl sites for hydroxylation is 1. The first-order valence-electron chi connectivity index (χ1n) is 6.26. The Morgan fingerprint density at radius 3 is 2.58 bits per heavy atom. The molecule has 0 radical (unpaired) electrons. The lowest BCUT2D eigenvalue weighted by molar-refractivity contribution is -0.131. The van der Waals surface area contributed by atoms with Gasteiger partial charge in [-0.1, -0.05) is 0 Å². The van der Waals surface area contributed by atoms with Gasteiger partial charge in [0.05, 0.1) is 23.0 Å². The molecule has 7 nitrogen and oxygen atoms in total. The van der Waals surface area contributed by atoms with Crippen molar-refractivity contribution in [2.45, 2.75) is 26.8 Å². The molecule has 2 heterocycles. The fraction of sp³-hybridized carbons (Fsp3) is 0.583. The van der Waals surface area contributed by atoms with E-state index in [0.717, 1.165) is 11.4 Å². The molecule has 1 aliphatic rings. The van der Waals surface area contributed by atoms with E-state index in [2.05, 4.69) is 5.10 Å². The highest BCUT2D eigenvalue weighted by molar-refractivity contribution is 5.81. The highest BCUT2D eigenvalue weighted by atomic mass is 16.2. The predicted molar refractivity (Wildman–Crippen MR) is 70.0 cm³/mol. The van der Waals surface area contributed by atoms with Gasteiger partial charge in [0.1, 0.15) is 6.54 Å². The van der Waals surface area contributed by atoms with Crippen LogP contribution in [0.3, 0.4) is 0 Å². The van der Waals surface area contributed by atoms with Gasteiger partial charge in [-0.3, -0.25) is 14.3 Å². The van der Waals surface area contributed by atoms with E-state index in [1.165, 1.54) is 0 Å². The molecule has 0 aliphatic carbocycles. The van der Waals surface area contributed by atoms with Crippen LogP contribution in [-0.2, 0) is 16.1 Å². The molecule has 2 amide bonds. The molecule has 1 atom stereocenters. The molecule has 1 aromatic heterocycles. The summed E-state index contributed by atoms with van der Waals surface area (Å²) in [6, 6.07) is 0. The first-order chi connectivity index (χ1) is 8.90. The van der Waals surface area contributed by atoms with E-state index in [4.69, 9.17) is 11.5 Å². The normalized spacial score (nSPS) is 18.8. The molecule has 104 valence electrons. The highest BCUT2D eigenvalue weighted by Gasteiger charge is 2.29.